The van der Waals surface area contributed by atoms with Crippen LogP contribution in [0.1, 0.15) is 16.3 Å². The summed E-state index contributed by atoms with van der Waals surface area (Å²) in [6, 6.07) is 9.76. The summed E-state index contributed by atoms with van der Waals surface area (Å²) < 4.78 is 20.0. The van der Waals surface area contributed by atoms with Crippen molar-refractivity contribution < 1.29 is 23.8 Å². The molecule has 0 aliphatic heterocycles. The molecule has 170 valence electrons. The van der Waals surface area contributed by atoms with Gasteiger partial charge in [0.15, 0.2) is 0 Å². The molecule has 0 bridgehead atoms. The van der Waals surface area contributed by atoms with E-state index in [0.29, 0.717) is 21.8 Å². The van der Waals surface area contributed by atoms with Crippen molar-refractivity contribution in [2.75, 3.05) is 7.11 Å². The van der Waals surface area contributed by atoms with Crippen LogP contribution >= 0.6 is 11.3 Å². The summed E-state index contributed by atoms with van der Waals surface area (Å²) in [4.78, 5) is 29.9. The smallest absolute Gasteiger partial charge is 0.328 e. The third-order valence-corrected chi connectivity index (χ3v) is 5.86. The number of ether oxygens (including phenoxy) is 1. The SMILES string of the molecule is COC(=O)[C@@H](Cc1ccc(-c2cc(F)ccc2O)cc1)NC(=O)Cc1cn2nc(C)sc2n1. The lowest BCUT2D eigenvalue weighted by Gasteiger charge is -2.16. The summed E-state index contributed by atoms with van der Waals surface area (Å²) in [5.41, 5.74) is 2.30. The monoisotopic (exact) mass is 468 g/mol. The number of benzene rings is 2. The van der Waals surface area contributed by atoms with Crippen molar-refractivity contribution in [3.05, 3.63) is 70.7 Å². The number of carbonyl (C=O) groups excluding carboxylic acids is 2. The summed E-state index contributed by atoms with van der Waals surface area (Å²) in [5.74, 6) is -1.43. The summed E-state index contributed by atoms with van der Waals surface area (Å²) >= 11 is 1.42. The highest BCUT2D eigenvalue weighted by molar-refractivity contribution is 7.16. The Morgan fingerprint density at radius 2 is 2.00 bits per heavy atom. The molecule has 0 fully saturated rings. The zero-order valence-electron chi connectivity index (χ0n) is 17.9. The number of esters is 1. The minimum Gasteiger partial charge on any atom is -0.507 e. The summed E-state index contributed by atoms with van der Waals surface area (Å²) in [6.45, 7) is 1.88. The summed E-state index contributed by atoms with van der Waals surface area (Å²) in [5, 5.41) is 17.8. The molecule has 0 aliphatic rings. The third kappa shape index (κ3) is 5.17. The molecule has 2 aromatic heterocycles. The molecule has 2 N–H and O–H groups in total. The summed E-state index contributed by atoms with van der Waals surface area (Å²) in [7, 11) is 1.26. The van der Waals surface area contributed by atoms with Crippen LogP contribution in [0.5, 0.6) is 5.75 Å². The highest BCUT2D eigenvalue weighted by Crippen LogP contribution is 2.30. The minimum absolute atomic E-state index is 0.000405. The van der Waals surface area contributed by atoms with Gasteiger partial charge in [0.1, 0.15) is 22.6 Å². The number of aromatic hydroxyl groups is 1. The number of hydrogen-bond acceptors (Lipinski definition) is 7. The van der Waals surface area contributed by atoms with Crippen LogP contribution in [0.3, 0.4) is 0 Å². The maximum absolute atomic E-state index is 13.5. The number of amides is 1. The molecule has 0 aliphatic carbocycles. The van der Waals surface area contributed by atoms with Crippen LogP contribution < -0.4 is 5.32 Å². The number of halogens is 1. The van der Waals surface area contributed by atoms with Crippen LogP contribution in [0.25, 0.3) is 16.1 Å². The fraction of sp³-hybridized carbons (Fsp3) is 0.217. The van der Waals surface area contributed by atoms with Gasteiger partial charge in [-0.05, 0) is 36.2 Å². The Labute approximate surface area is 192 Å². The van der Waals surface area contributed by atoms with Crippen LogP contribution in [0, 0.1) is 12.7 Å². The number of nitrogens with one attached hydrogen (secondary N) is 1. The maximum Gasteiger partial charge on any atom is 0.328 e. The highest BCUT2D eigenvalue weighted by atomic mass is 32.1. The molecular weight excluding hydrogens is 447 g/mol. The van der Waals surface area contributed by atoms with Gasteiger partial charge in [0, 0.05) is 12.0 Å². The average Bonchev–Trinajstić information content (AvgIpc) is 3.31. The number of methoxy groups -OCH3 is 1. The van der Waals surface area contributed by atoms with Crippen LogP contribution in [-0.4, -0.2) is 44.7 Å². The van der Waals surface area contributed by atoms with Crippen molar-refractivity contribution in [3.63, 3.8) is 0 Å². The Kier molecular flexibility index (Phi) is 6.36. The van der Waals surface area contributed by atoms with Gasteiger partial charge in [-0.3, -0.25) is 4.79 Å². The number of hydrogen-bond donors (Lipinski definition) is 2. The standard InChI is InChI=1S/C23H21FN4O4S/c1-13-27-28-12-17(25-23(28)33-13)11-21(30)26-19(22(31)32-2)9-14-3-5-15(6-4-14)18-10-16(24)7-8-20(18)29/h3-8,10,12,19,29H,9,11H2,1-2H3,(H,26,30)/t19-/m1/s1. The zero-order valence-corrected chi connectivity index (χ0v) is 18.7. The molecule has 0 spiro atoms. The van der Waals surface area contributed by atoms with Crippen LogP contribution in [-0.2, 0) is 27.2 Å². The maximum atomic E-state index is 13.5. The van der Waals surface area contributed by atoms with Crippen LogP contribution in [0.2, 0.25) is 0 Å². The molecule has 2 aromatic carbocycles. The van der Waals surface area contributed by atoms with E-state index in [1.807, 2.05) is 6.92 Å². The number of rotatable bonds is 7. The molecule has 33 heavy (non-hydrogen) atoms. The molecule has 10 heteroatoms. The number of aryl methyl sites for hydroxylation is 1. The molecule has 0 radical (unpaired) electrons. The van der Waals surface area contributed by atoms with E-state index < -0.39 is 17.8 Å². The quantitative estimate of drug-likeness (QED) is 0.404. The Balaban J connectivity index is 1.44. The van der Waals surface area contributed by atoms with Gasteiger partial charge in [-0.2, -0.15) is 5.10 Å². The lowest BCUT2D eigenvalue weighted by molar-refractivity contribution is -0.145. The molecule has 0 saturated heterocycles. The molecule has 1 amide bonds. The number of imidazole rings is 1. The lowest BCUT2D eigenvalue weighted by atomic mass is 10.00. The number of phenolic OH excluding ortho intramolecular Hbond substituents is 1. The number of nitrogens with zero attached hydrogens (tertiary/aromatic N) is 3. The van der Waals surface area contributed by atoms with Crippen molar-refractivity contribution in [3.8, 4) is 16.9 Å². The van der Waals surface area contributed by atoms with Crippen molar-refractivity contribution in [1.82, 2.24) is 19.9 Å². The second kappa shape index (κ2) is 9.37. The second-order valence-electron chi connectivity index (χ2n) is 7.46. The van der Waals surface area contributed by atoms with Gasteiger partial charge in [0.05, 0.1) is 25.4 Å². The van der Waals surface area contributed by atoms with E-state index in [0.717, 1.165) is 10.6 Å². The first kappa shape index (κ1) is 22.4. The molecule has 0 saturated carbocycles. The molecule has 1 atom stereocenters. The Hall–Kier alpha value is -3.79. The van der Waals surface area contributed by atoms with E-state index in [-0.39, 0.29) is 24.5 Å². The van der Waals surface area contributed by atoms with Gasteiger partial charge in [-0.25, -0.2) is 18.7 Å². The van der Waals surface area contributed by atoms with Crippen molar-refractivity contribution in [2.45, 2.75) is 25.8 Å². The normalized spacial score (nSPS) is 12.0. The number of fused-ring (bicyclic) bond motifs is 1. The van der Waals surface area contributed by atoms with E-state index in [9.17, 15) is 19.1 Å². The Morgan fingerprint density at radius 3 is 2.70 bits per heavy atom. The van der Waals surface area contributed by atoms with Crippen LogP contribution in [0.15, 0.2) is 48.7 Å². The minimum atomic E-state index is -0.889. The molecular formula is C23H21FN4O4S. The van der Waals surface area contributed by atoms with Crippen molar-refractivity contribution in [2.24, 2.45) is 0 Å². The lowest BCUT2D eigenvalue weighted by Crippen LogP contribution is -2.43. The summed E-state index contributed by atoms with van der Waals surface area (Å²) in [6.07, 6.45) is 1.89. The van der Waals surface area contributed by atoms with Gasteiger partial charge >= 0.3 is 5.97 Å². The topological polar surface area (TPSA) is 106 Å². The van der Waals surface area contributed by atoms with Gasteiger partial charge < -0.3 is 15.2 Å². The molecule has 0 unspecified atom stereocenters. The van der Waals surface area contributed by atoms with E-state index in [2.05, 4.69) is 15.4 Å². The van der Waals surface area contributed by atoms with Crippen molar-refractivity contribution >= 4 is 28.2 Å². The predicted molar refractivity (Wildman–Crippen MR) is 120 cm³/mol. The number of carbonyl (C=O) groups is 2. The van der Waals surface area contributed by atoms with Gasteiger partial charge in [-0.1, -0.05) is 35.6 Å². The number of phenols is 1. The number of aromatic nitrogens is 3. The molecule has 4 rings (SSSR count). The first-order chi connectivity index (χ1) is 15.8. The predicted octanol–water partition coefficient (Wildman–Crippen LogP) is 3.05. The second-order valence-corrected chi connectivity index (χ2v) is 8.62. The molecule has 4 aromatic rings. The largest absolute Gasteiger partial charge is 0.507 e. The van der Waals surface area contributed by atoms with E-state index in [4.69, 9.17) is 4.74 Å². The van der Waals surface area contributed by atoms with E-state index in [1.165, 1.54) is 36.6 Å². The highest BCUT2D eigenvalue weighted by Gasteiger charge is 2.23. The fourth-order valence-corrected chi connectivity index (χ4v) is 4.21. The molecule has 8 nitrogen and oxygen atoms in total. The first-order valence-electron chi connectivity index (χ1n) is 10.1. The first-order valence-corrected chi connectivity index (χ1v) is 10.9. The zero-order chi connectivity index (χ0) is 23.5. The third-order valence-electron chi connectivity index (χ3n) is 5.02. The fourth-order valence-electron chi connectivity index (χ4n) is 3.47. The van der Waals surface area contributed by atoms with E-state index in [1.54, 1.807) is 35.0 Å². The molecule has 2 heterocycles. The van der Waals surface area contributed by atoms with Gasteiger partial charge in [-0.15, -0.1) is 0 Å². The Morgan fingerprint density at radius 1 is 1.24 bits per heavy atom. The Bertz CT molecular complexity index is 1280. The van der Waals surface area contributed by atoms with Crippen LogP contribution in [0.4, 0.5) is 4.39 Å². The van der Waals surface area contributed by atoms with Gasteiger partial charge in [0.25, 0.3) is 0 Å². The van der Waals surface area contributed by atoms with Crippen molar-refractivity contribution in [1.29, 1.82) is 0 Å². The average molecular weight is 469 g/mol. The van der Waals surface area contributed by atoms with E-state index >= 15 is 0 Å². The van der Waals surface area contributed by atoms with Gasteiger partial charge in [0.2, 0.25) is 10.9 Å².